The number of benzene rings is 1. The number of carbonyl (C=O) groups excluding carboxylic acids is 2. The first-order chi connectivity index (χ1) is 12.5. The predicted octanol–water partition coefficient (Wildman–Crippen LogP) is 2.52. The van der Waals surface area contributed by atoms with Gasteiger partial charge in [0.05, 0.1) is 17.3 Å². The van der Waals surface area contributed by atoms with E-state index in [0.717, 1.165) is 16.8 Å². The van der Waals surface area contributed by atoms with Crippen molar-refractivity contribution in [3.63, 3.8) is 0 Å². The number of aryl methyl sites for hydroxylation is 1. The smallest absolute Gasteiger partial charge is 0.258 e. The summed E-state index contributed by atoms with van der Waals surface area (Å²) >= 11 is 0. The zero-order valence-electron chi connectivity index (χ0n) is 14.8. The average Bonchev–Trinajstić information content (AvgIpc) is 3.08. The fourth-order valence-electron chi connectivity index (χ4n) is 3.35. The van der Waals surface area contributed by atoms with E-state index in [0.29, 0.717) is 12.1 Å². The molecule has 0 aliphatic carbocycles. The Bertz CT molecular complexity index is 977. The lowest BCUT2D eigenvalue weighted by Gasteiger charge is -2.39. The number of nitrogens with zero attached hydrogens (tertiary/aromatic N) is 4. The van der Waals surface area contributed by atoms with E-state index in [1.807, 2.05) is 56.3 Å². The van der Waals surface area contributed by atoms with E-state index in [9.17, 15) is 9.59 Å². The summed E-state index contributed by atoms with van der Waals surface area (Å²) in [4.78, 5) is 29.1. The first kappa shape index (κ1) is 16.3. The summed E-state index contributed by atoms with van der Waals surface area (Å²) in [5, 5.41) is 4.22. The normalized spacial score (nSPS) is 17.8. The molecular formula is C20H20N4O2. The maximum Gasteiger partial charge on any atom is 0.258 e. The van der Waals surface area contributed by atoms with E-state index in [4.69, 9.17) is 0 Å². The SMILES string of the molecule is Cc1ccc(N2C[C@@H](C)N(C(=O)c3cnn4ccccc34)CC2=O)cc1. The minimum atomic E-state index is -0.157. The van der Waals surface area contributed by atoms with Crippen LogP contribution in [0.1, 0.15) is 22.8 Å². The van der Waals surface area contributed by atoms with Crippen LogP contribution in [0.2, 0.25) is 0 Å². The van der Waals surface area contributed by atoms with E-state index < -0.39 is 0 Å². The predicted molar refractivity (Wildman–Crippen MR) is 99.2 cm³/mol. The van der Waals surface area contributed by atoms with Crippen LogP contribution in [0, 0.1) is 6.92 Å². The van der Waals surface area contributed by atoms with Gasteiger partial charge in [0, 0.05) is 24.5 Å². The number of amides is 2. The van der Waals surface area contributed by atoms with Crippen LogP contribution >= 0.6 is 0 Å². The summed E-state index contributed by atoms with van der Waals surface area (Å²) in [6.07, 6.45) is 3.37. The Labute approximate surface area is 151 Å². The monoisotopic (exact) mass is 348 g/mol. The third-order valence-corrected chi connectivity index (χ3v) is 4.85. The van der Waals surface area contributed by atoms with E-state index in [1.54, 1.807) is 26.7 Å². The van der Waals surface area contributed by atoms with Gasteiger partial charge in [-0.1, -0.05) is 23.8 Å². The Balaban J connectivity index is 1.58. The van der Waals surface area contributed by atoms with Gasteiger partial charge in [-0.3, -0.25) is 9.59 Å². The van der Waals surface area contributed by atoms with Gasteiger partial charge >= 0.3 is 0 Å². The van der Waals surface area contributed by atoms with Gasteiger partial charge in [0.25, 0.3) is 5.91 Å². The first-order valence-corrected chi connectivity index (χ1v) is 8.65. The van der Waals surface area contributed by atoms with Crippen molar-refractivity contribution >= 4 is 23.0 Å². The summed E-state index contributed by atoms with van der Waals surface area (Å²) in [5.74, 6) is -0.229. The molecule has 1 fully saturated rings. The van der Waals surface area contributed by atoms with E-state index in [1.165, 1.54) is 0 Å². The summed E-state index contributed by atoms with van der Waals surface area (Å²) < 4.78 is 1.67. The van der Waals surface area contributed by atoms with E-state index >= 15 is 0 Å². The Hall–Kier alpha value is -3.15. The van der Waals surface area contributed by atoms with Crippen molar-refractivity contribution in [2.24, 2.45) is 0 Å². The zero-order chi connectivity index (χ0) is 18.3. The fraction of sp³-hybridized carbons (Fsp3) is 0.250. The van der Waals surface area contributed by atoms with Crippen molar-refractivity contribution in [1.82, 2.24) is 14.5 Å². The number of hydrogen-bond acceptors (Lipinski definition) is 3. The molecule has 4 rings (SSSR count). The van der Waals surface area contributed by atoms with Gasteiger partial charge in [-0.05, 0) is 38.1 Å². The van der Waals surface area contributed by atoms with Gasteiger partial charge in [0.1, 0.15) is 6.54 Å². The Morgan fingerprint density at radius 2 is 1.92 bits per heavy atom. The molecule has 6 nitrogen and oxygen atoms in total. The molecule has 1 saturated heterocycles. The molecule has 6 heteroatoms. The number of rotatable bonds is 2. The fourth-order valence-corrected chi connectivity index (χ4v) is 3.35. The quantitative estimate of drug-likeness (QED) is 0.715. The van der Waals surface area contributed by atoms with Crippen molar-refractivity contribution in [3.8, 4) is 0 Å². The standard InChI is InChI=1S/C20H20N4O2/c1-14-6-8-16(9-7-14)23-12-15(2)22(13-19(23)25)20(26)17-11-21-24-10-4-3-5-18(17)24/h3-11,15H,12-13H2,1-2H3/t15-/m1/s1. The Kier molecular flexibility index (Phi) is 3.95. The number of fused-ring (bicyclic) bond motifs is 1. The van der Waals surface area contributed by atoms with Gasteiger partial charge in [0.2, 0.25) is 5.91 Å². The maximum absolute atomic E-state index is 13.0. The molecular weight excluding hydrogens is 328 g/mol. The van der Waals surface area contributed by atoms with Gasteiger partial charge in [-0.2, -0.15) is 5.10 Å². The molecule has 0 bridgehead atoms. The number of carbonyl (C=O) groups is 2. The number of hydrogen-bond donors (Lipinski definition) is 0. The molecule has 1 aliphatic rings. The van der Waals surface area contributed by atoms with Gasteiger partial charge in [-0.25, -0.2) is 4.52 Å². The van der Waals surface area contributed by atoms with Gasteiger partial charge in [-0.15, -0.1) is 0 Å². The lowest BCUT2D eigenvalue weighted by atomic mass is 10.1. The highest BCUT2D eigenvalue weighted by atomic mass is 16.2. The van der Waals surface area contributed by atoms with E-state index in [-0.39, 0.29) is 24.4 Å². The van der Waals surface area contributed by atoms with E-state index in [2.05, 4.69) is 5.10 Å². The van der Waals surface area contributed by atoms with Crippen molar-refractivity contribution < 1.29 is 9.59 Å². The largest absolute Gasteiger partial charge is 0.325 e. The van der Waals surface area contributed by atoms with Crippen LogP contribution in [-0.4, -0.2) is 45.5 Å². The summed E-state index contributed by atoms with van der Waals surface area (Å²) in [6, 6.07) is 13.4. The molecule has 0 saturated carbocycles. The molecule has 26 heavy (non-hydrogen) atoms. The van der Waals surface area contributed by atoms with Gasteiger partial charge < -0.3 is 9.80 Å². The number of aromatic nitrogens is 2. The third-order valence-electron chi connectivity index (χ3n) is 4.85. The number of piperazine rings is 1. The number of pyridine rings is 1. The molecule has 1 aliphatic heterocycles. The Morgan fingerprint density at radius 3 is 2.69 bits per heavy atom. The van der Waals surface area contributed by atoms with Crippen molar-refractivity contribution in [2.45, 2.75) is 19.9 Å². The van der Waals surface area contributed by atoms with Crippen LogP contribution in [-0.2, 0) is 4.79 Å². The van der Waals surface area contributed by atoms with Crippen LogP contribution in [0.4, 0.5) is 5.69 Å². The molecule has 0 radical (unpaired) electrons. The average molecular weight is 348 g/mol. The third kappa shape index (κ3) is 2.73. The topological polar surface area (TPSA) is 57.9 Å². The highest BCUT2D eigenvalue weighted by molar-refractivity contribution is 6.05. The lowest BCUT2D eigenvalue weighted by Crippen LogP contribution is -2.57. The van der Waals surface area contributed by atoms with Crippen LogP contribution in [0.25, 0.3) is 5.52 Å². The second-order valence-corrected chi connectivity index (χ2v) is 6.71. The molecule has 0 spiro atoms. The molecule has 3 heterocycles. The maximum atomic E-state index is 13.0. The molecule has 2 amide bonds. The molecule has 132 valence electrons. The van der Waals surface area contributed by atoms with Crippen LogP contribution in [0.3, 0.4) is 0 Å². The second kappa shape index (κ2) is 6.29. The second-order valence-electron chi connectivity index (χ2n) is 6.71. The minimum Gasteiger partial charge on any atom is -0.325 e. The van der Waals surface area contributed by atoms with Crippen molar-refractivity contribution in [2.75, 3.05) is 18.0 Å². The Morgan fingerprint density at radius 1 is 1.15 bits per heavy atom. The summed E-state index contributed by atoms with van der Waals surface area (Å²) in [7, 11) is 0. The highest BCUT2D eigenvalue weighted by Gasteiger charge is 2.34. The van der Waals surface area contributed by atoms with Crippen LogP contribution in [0.5, 0.6) is 0 Å². The van der Waals surface area contributed by atoms with Crippen LogP contribution < -0.4 is 4.90 Å². The molecule has 2 aromatic heterocycles. The van der Waals surface area contributed by atoms with Crippen LogP contribution in [0.15, 0.2) is 54.9 Å². The molecule has 1 atom stereocenters. The zero-order valence-corrected chi connectivity index (χ0v) is 14.8. The minimum absolute atomic E-state index is 0.0675. The number of anilines is 1. The lowest BCUT2D eigenvalue weighted by molar-refractivity contribution is -0.121. The first-order valence-electron chi connectivity index (χ1n) is 8.65. The van der Waals surface area contributed by atoms with Crippen molar-refractivity contribution in [3.05, 3.63) is 66.0 Å². The molecule has 1 aromatic carbocycles. The van der Waals surface area contributed by atoms with Crippen molar-refractivity contribution in [1.29, 1.82) is 0 Å². The molecule has 3 aromatic rings. The highest BCUT2D eigenvalue weighted by Crippen LogP contribution is 2.23. The molecule has 0 N–H and O–H groups in total. The van der Waals surface area contributed by atoms with Gasteiger partial charge in [0.15, 0.2) is 0 Å². The summed E-state index contributed by atoms with van der Waals surface area (Å²) in [6.45, 7) is 4.53. The molecule has 0 unspecified atom stereocenters. The summed E-state index contributed by atoms with van der Waals surface area (Å²) in [5.41, 5.74) is 3.29.